The number of aryl methyl sites for hydroxylation is 1. The van der Waals surface area contributed by atoms with E-state index in [2.05, 4.69) is 42.8 Å². The lowest BCUT2D eigenvalue weighted by Gasteiger charge is -2.44. The SMILES string of the molecule is C#CC1(CC=C)CC(CCc2ccccc2)C1. The summed E-state index contributed by atoms with van der Waals surface area (Å²) >= 11 is 0. The average molecular weight is 224 g/mol. The Morgan fingerprint density at radius 1 is 1.35 bits per heavy atom. The molecule has 0 spiro atoms. The van der Waals surface area contributed by atoms with Gasteiger partial charge in [-0.2, -0.15) is 0 Å². The van der Waals surface area contributed by atoms with Crippen molar-refractivity contribution in [1.29, 1.82) is 0 Å². The molecule has 17 heavy (non-hydrogen) atoms. The van der Waals surface area contributed by atoms with Gasteiger partial charge in [0.25, 0.3) is 0 Å². The molecule has 0 aromatic heterocycles. The maximum Gasteiger partial charge on any atom is 0.0351 e. The second-order valence-electron chi connectivity index (χ2n) is 5.22. The van der Waals surface area contributed by atoms with Crippen molar-refractivity contribution in [1.82, 2.24) is 0 Å². The number of rotatable bonds is 5. The van der Waals surface area contributed by atoms with E-state index in [-0.39, 0.29) is 5.41 Å². The molecule has 1 aromatic rings. The normalized spacial score (nSPS) is 26.9. The lowest BCUT2D eigenvalue weighted by Crippen LogP contribution is -2.35. The lowest BCUT2D eigenvalue weighted by molar-refractivity contribution is 0.114. The smallest absolute Gasteiger partial charge is 0.0351 e. The molecule has 88 valence electrons. The van der Waals surface area contributed by atoms with E-state index in [0.717, 1.165) is 12.3 Å². The van der Waals surface area contributed by atoms with Crippen molar-refractivity contribution in [2.24, 2.45) is 11.3 Å². The van der Waals surface area contributed by atoms with Gasteiger partial charge in [0.15, 0.2) is 0 Å². The van der Waals surface area contributed by atoms with E-state index in [9.17, 15) is 0 Å². The topological polar surface area (TPSA) is 0 Å². The van der Waals surface area contributed by atoms with E-state index in [1.807, 2.05) is 6.08 Å². The van der Waals surface area contributed by atoms with Gasteiger partial charge in [-0.15, -0.1) is 13.0 Å². The first-order valence-electron chi connectivity index (χ1n) is 6.40. The molecule has 1 aliphatic carbocycles. The van der Waals surface area contributed by atoms with Crippen LogP contribution in [0.1, 0.15) is 31.2 Å². The summed E-state index contributed by atoms with van der Waals surface area (Å²) in [6.45, 7) is 3.80. The van der Waals surface area contributed by atoms with Gasteiger partial charge in [-0.05, 0) is 43.6 Å². The molecule has 0 nitrogen and oxygen atoms in total. The first-order valence-corrected chi connectivity index (χ1v) is 6.40. The minimum atomic E-state index is 0.142. The van der Waals surface area contributed by atoms with Crippen molar-refractivity contribution in [2.75, 3.05) is 0 Å². The molecule has 0 saturated heterocycles. The first kappa shape index (κ1) is 12.0. The molecular weight excluding hydrogens is 204 g/mol. The molecular formula is C17H20. The molecule has 1 aromatic carbocycles. The van der Waals surface area contributed by atoms with E-state index in [4.69, 9.17) is 6.42 Å². The number of hydrogen-bond donors (Lipinski definition) is 0. The molecule has 0 unspecified atom stereocenters. The van der Waals surface area contributed by atoms with Gasteiger partial charge in [-0.3, -0.25) is 0 Å². The molecule has 0 bridgehead atoms. The van der Waals surface area contributed by atoms with Gasteiger partial charge < -0.3 is 0 Å². The van der Waals surface area contributed by atoms with Crippen LogP contribution in [-0.2, 0) is 6.42 Å². The quantitative estimate of drug-likeness (QED) is 0.519. The maximum absolute atomic E-state index is 5.63. The Hall–Kier alpha value is -1.48. The van der Waals surface area contributed by atoms with Crippen LogP contribution in [0.15, 0.2) is 43.0 Å². The summed E-state index contributed by atoms with van der Waals surface area (Å²) in [6.07, 6.45) is 13.4. The number of benzene rings is 1. The summed E-state index contributed by atoms with van der Waals surface area (Å²) in [5, 5.41) is 0. The van der Waals surface area contributed by atoms with E-state index < -0.39 is 0 Å². The monoisotopic (exact) mass is 224 g/mol. The summed E-state index contributed by atoms with van der Waals surface area (Å²) in [5.74, 6) is 3.78. The van der Waals surface area contributed by atoms with Crippen LogP contribution in [0, 0.1) is 23.7 Å². The van der Waals surface area contributed by atoms with Crippen molar-refractivity contribution < 1.29 is 0 Å². The van der Waals surface area contributed by atoms with Crippen LogP contribution in [-0.4, -0.2) is 0 Å². The fourth-order valence-electron chi connectivity index (χ4n) is 2.88. The van der Waals surface area contributed by atoms with Crippen molar-refractivity contribution in [3.05, 3.63) is 48.6 Å². The lowest BCUT2D eigenvalue weighted by atomic mass is 9.59. The van der Waals surface area contributed by atoms with Gasteiger partial charge >= 0.3 is 0 Å². The largest absolute Gasteiger partial charge is 0.120 e. The zero-order valence-corrected chi connectivity index (χ0v) is 10.4. The molecule has 0 atom stereocenters. The zero-order chi connectivity index (χ0) is 12.1. The van der Waals surface area contributed by atoms with E-state index in [1.54, 1.807) is 0 Å². The molecule has 0 amide bonds. The van der Waals surface area contributed by atoms with Crippen LogP contribution in [0.4, 0.5) is 0 Å². The second kappa shape index (κ2) is 5.23. The third kappa shape index (κ3) is 2.80. The van der Waals surface area contributed by atoms with Crippen LogP contribution >= 0.6 is 0 Å². The molecule has 1 saturated carbocycles. The molecule has 0 N–H and O–H groups in total. The Morgan fingerprint density at radius 3 is 2.65 bits per heavy atom. The molecule has 1 aliphatic rings. The molecule has 0 heteroatoms. The standard InChI is InChI=1S/C17H20/c1-3-12-17(4-2)13-16(14-17)11-10-15-8-6-5-7-9-15/h2-3,5-9,16H,1,10-14H2. The van der Waals surface area contributed by atoms with Gasteiger partial charge in [-0.1, -0.05) is 42.3 Å². The molecule has 0 aliphatic heterocycles. The van der Waals surface area contributed by atoms with Crippen molar-refractivity contribution in [3.63, 3.8) is 0 Å². The van der Waals surface area contributed by atoms with Crippen LogP contribution in [0.25, 0.3) is 0 Å². The summed E-state index contributed by atoms with van der Waals surface area (Å²) in [5.41, 5.74) is 1.58. The highest BCUT2D eigenvalue weighted by Gasteiger charge is 2.41. The molecule has 1 fully saturated rings. The average Bonchev–Trinajstić information content (AvgIpc) is 2.33. The van der Waals surface area contributed by atoms with E-state index >= 15 is 0 Å². The van der Waals surface area contributed by atoms with Crippen LogP contribution < -0.4 is 0 Å². The van der Waals surface area contributed by atoms with Gasteiger partial charge in [-0.25, -0.2) is 0 Å². The first-order chi connectivity index (χ1) is 8.28. The summed E-state index contributed by atoms with van der Waals surface area (Å²) in [4.78, 5) is 0. The Kier molecular flexibility index (Phi) is 3.69. The van der Waals surface area contributed by atoms with Crippen LogP contribution in [0.3, 0.4) is 0 Å². The second-order valence-corrected chi connectivity index (χ2v) is 5.22. The number of allylic oxidation sites excluding steroid dienone is 1. The number of terminal acetylenes is 1. The Bertz CT molecular complexity index is 401. The third-order valence-electron chi connectivity index (χ3n) is 3.88. The maximum atomic E-state index is 5.63. The molecule has 0 heterocycles. The van der Waals surface area contributed by atoms with E-state index in [1.165, 1.54) is 31.2 Å². The Labute approximate surface area is 105 Å². The van der Waals surface area contributed by atoms with Gasteiger partial charge in [0.05, 0.1) is 0 Å². The van der Waals surface area contributed by atoms with Crippen molar-refractivity contribution in [2.45, 2.75) is 32.1 Å². The molecule has 2 rings (SSSR count). The van der Waals surface area contributed by atoms with Gasteiger partial charge in [0, 0.05) is 5.41 Å². The predicted molar refractivity (Wildman–Crippen MR) is 73.6 cm³/mol. The van der Waals surface area contributed by atoms with Crippen molar-refractivity contribution in [3.8, 4) is 12.3 Å². The fourth-order valence-corrected chi connectivity index (χ4v) is 2.88. The van der Waals surface area contributed by atoms with Gasteiger partial charge in [0.1, 0.15) is 0 Å². The highest BCUT2D eigenvalue weighted by molar-refractivity contribution is 5.17. The summed E-state index contributed by atoms with van der Waals surface area (Å²) in [7, 11) is 0. The Morgan fingerprint density at radius 2 is 2.06 bits per heavy atom. The van der Waals surface area contributed by atoms with E-state index in [0.29, 0.717) is 0 Å². The van der Waals surface area contributed by atoms with Crippen molar-refractivity contribution >= 4 is 0 Å². The highest BCUT2D eigenvalue weighted by atomic mass is 14.4. The third-order valence-corrected chi connectivity index (χ3v) is 3.88. The van der Waals surface area contributed by atoms with Crippen LogP contribution in [0.2, 0.25) is 0 Å². The number of hydrogen-bond acceptors (Lipinski definition) is 0. The predicted octanol–water partition coefficient (Wildman–Crippen LogP) is 4.22. The summed E-state index contributed by atoms with van der Waals surface area (Å²) in [6, 6.07) is 10.7. The van der Waals surface area contributed by atoms with Crippen LogP contribution in [0.5, 0.6) is 0 Å². The molecule has 0 radical (unpaired) electrons. The van der Waals surface area contributed by atoms with Gasteiger partial charge in [0.2, 0.25) is 0 Å². The minimum absolute atomic E-state index is 0.142. The Balaban J connectivity index is 1.78. The fraction of sp³-hybridized carbons (Fsp3) is 0.412. The minimum Gasteiger partial charge on any atom is -0.120 e. The summed E-state index contributed by atoms with van der Waals surface area (Å²) < 4.78 is 0. The highest BCUT2D eigenvalue weighted by Crippen LogP contribution is 2.49. The zero-order valence-electron chi connectivity index (χ0n) is 10.4.